The lowest BCUT2D eigenvalue weighted by atomic mass is 9.86. The number of benzene rings is 1. The Hall–Kier alpha value is -1.44. The Morgan fingerprint density at radius 2 is 2.12 bits per heavy atom. The summed E-state index contributed by atoms with van der Waals surface area (Å²) < 4.78 is 39.2. The van der Waals surface area contributed by atoms with Crippen molar-refractivity contribution in [3.63, 3.8) is 0 Å². The Kier molecular flexibility index (Phi) is 6.32. The van der Waals surface area contributed by atoms with Crippen LogP contribution in [-0.2, 0) is 29.8 Å². The van der Waals surface area contributed by atoms with Crippen LogP contribution in [0.15, 0.2) is 35.7 Å². The fraction of sp³-hybridized carbons (Fsp3) is 0.474. The summed E-state index contributed by atoms with van der Waals surface area (Å²) in [5.74, 6) is 0.129. The van der Waals surface area contributed by atoms with Crippen LogP contribution in [0.4, 0.5) is 3.89 Å². The van der Waals surface area contributed by atoms with E-state index in [1.54, 1.807) is 17.4 Å². The normalized spacial score (nSPS) is 17.3. The summed E-state index contributed by atoms with van der Waals surface area (Å²) in [7, 11) is -4.99. The molecule has 0 unspecified atom stereocenters. The minimum Gasteiger partial charge on any atom is -0.358 e. The van der Waals surface area contributed by atoms with E-state index in [1.807, 2.05) is 6.07 Å². The van der Waals surface area contributed by atoms with Crippen molar-refractivity contribution in [1.29, 1.82) is 0 Å². The molecule has 0 saturated heterocycles. The highest BCUT2D eigenvalue weighted by atomic mass is 32.3. The SMILES string of the molecule is CCCN(CCc1cccs1)[C@H]1CCc2c(cccc2OS(=O)(=O)F)C1. The third kappa shape index (κ3) is 5.05. The summed E-state index contributed by atoms with van der Waals surface area (Å²) in [6.07, 6.45) is 4.60. The van der Waals surface area contributed by atoms with E-state index in [9.17, 15) is 12.3 Å². The van der Waals surface area contributed by atoms with Crippen molar-refractivity contribution in [3.05, 3.63) is 51.7 Å². The maximum atomic E-state index is 12.9. The topological polar surface area (TPSA) is 46.6 Å². The summed E-state index contributed by atoms with van der Waals surface area (Å²) in [5.41, 5.74) is 1.87. The highest BCUT2D eigenvalue weighted by molar-refractivity contribution is 7.81. The fourth-order valence-electron chi connectivity index (χ4n) is 3.72. The van der Waals surface area contributed by atoms with Crippen LogP contribution in [0.5, 0.6) is 5.75 Å². The zero-order valence-corrected chi connectivity index (χ0v) is 16.5. The van der Waals surface area contributed by atoms with E-state index in [1.165, 1.54) is 10.9 Å². The van der Waals surface area contributed by atoms with E-state index in [0.29, 0.717) is 12.5 Å². The lowest BCUT2D eigenvalue weighted by Gasteiger charge is -2.35. The Labute approximate surface area is 159 Å². The van der Waals surface area contributed by atoms with Gasteiger partial charge in [-0.2, -0.15) is 8.42 Å². The molecule has 1 aliphatic carbocycles. The molecule has 1 aromatic heterocycles. The van der Waals surface area contributed by atoms with Crippen LogP contribution in [0, 0.1) is 0 Å². The van der Waals surface area contributed by atoms with Gasteiger partial charge in [-0.25, -0.2) is 0 Å². The minimum absolute atomic E-state index is 0.129. The van der Waals surface area contributed by atoms with Gasteiger partial charge in [-0.05, 0) is 67.3 Å². The Morgan fingerprint density at radius 1 is 1.27 bits per heavy atom. The number of fused-ring (bicyclic) bond motifs is 1. The zero-order chi connectivity index (χ0) is 18.6. The van der Waals surface area contributed by atoms with Crippen LogP contribution < -0.4 is 4.18 Å². The molecular formula is C19H24FNO3S2. The molecule has 0 radical (unpaired) electrons. The molecule has 7 heteroatoms. The van der Waals surface area contributed by atoms with E-state index in [0.717, 1.165) is 49.9 Å². The van der Waals surface area contributed by atoms with Gasteiger partial charge in [0.25, 0.3) is 0 Å². The Morgan fingerprint density at radius 3 is 2.81 bits per heavy atom. The van der Waals surface area contributed by atoms with Gasteiger partial charge in [0.1, 0.15) is 5.75 Å². The van der Waals surface area contributed by atoms with E-state index in [4.69, 9.17) is 0 Å². The van der Waals surface area contributed by atoms with Crippen LogP contribution in [0.1, 0.15) is 35.8 Å². The highest BCUT2D eigenvalue weighted by Crippen LogP contribution is 2.32. The molecule has 0 bridgehead atoms. The van der Waals surface area contributed by atoms with Crippen molar-refractivity contribution in [2.75, 3.05) is 13.1 Å². The van der Waals surface area contributed by atoms with Gasteiger partial charge in [-0.15, -0.1) is 11.3 Å². The summed E-state index contributed by atoms with van der Waals surface area (Å²) in [6, 6.07) is 9.92. The molecule has 0 N–H and O–H groups in total. The number of rotatable bonds is 8. The first-order valence-corrected chi connectivity index (χ1v) is 11.2. The van der Waals surface area contributed by atoms with E-state index < -0.39 is 10.5 Å². The van der Waals surface area contributed by atoms with Crippen molar-refractivity contribution in [2.24, 2.45) is 0 Å². The third-order valence-electron chi connectivity index (χ3n) is 4.86. The van der Waals surface area contributed by atoms with Gasteiger partial charge in [0, 0.05) is 17.5 Å². The van der Waals surface area contributed by atoms with Crippen molar-refractivity contribution in [2.45, 2.75) is 45.1 Å². The smallest absolute Gasteiger partial charge is 0.358 e. The van der Waals surface area contributed by atoms with Gasteiger partial charge >= 0.3 is 10.5 Å². The molecule has 4 nitrogen and oxygen atoms in total. The first-order valence-electron chi connectivity index (χ1n) is 8.97. The molecule has 26 heavy (non-hydrogen) atoms. The molecule has 0 spiro atoms. The summed E-state index contributed by atoms with van der Waals surface area (Å²) >= 11 is 1.79. The Bertz CT molecular complexity index is 821. The maximum absolute atomic E-state index is 12.9. The fourth-order valence-corrected chi connectivity index (χ4v) is 4.79. The maximum Gasteiger partial charge on any atom is 0.488 e. The standard InChI is InChI=1S/C19H24FNO3S2/c1-2-11-21(12-10-17-6-4-13-25-17)16-8-9-18-15(14-16)5-3-7-19(18)24-26(20,22)23/h3-7,13,16H,2,8-12,14H2,1H3/t16-/m0/s1. The van der Waals surface area contributed by atoms with Gasteiger partial charge in [-0.1, -0.05) is 29.0 Å². The monoisotopic (exact) mass is 397 g/mol. The summed E-state index contributed by atoms with van der Waals surface area (Å²) in [4.78, 5) is 3.92. The molecule has 2 aromatic rings. The molecule has 1 atom stereocenters. The second kappa shape index (κ2) is 8.50. The molecule has 0 aliphatic heterocycles. The van der Waals surface area contributed by atoms with Gasteiger partial charge in [-0.3, -0.25) is 4.90 Å². The zero-order valence-electron chi connectivity index (χ0n) is 14.9. The Balaban J connectivity index is 1.72. The van der Waals surface area contributed by atoms with Crippen LogP contribution in [0.2, 0.25) is 0 Å². The summed E-state index contributed by atoms with van der Waals surface area (Å²) in [6.45, 7) is 4.25. The van der Waals surface area contributed by atoms with Gasteiger partial charge < -0.3 is 4.18 Å². The molecule has 1 heterocycles. The lowest BCUT2D eigenvalue weighted by Crippen LogP contribution is -2.41. The van der Waals surface area contributed by atoms with Crippen LogP contribution in [0.25, 0.3) is 0 Å². The van der Waals surface area contributed by atoms with Crippen molar-refractivity contribution in [1.82, 2.24) is 4.90 Å². The second-order valence-corrected chi connectivity index (χ2v) is 8.62. The number of thiophene rings is 1. The first kappa shape index (κ1) is 19.3. The van der Waals surface area contributed by atoms with E-state index in [-0.39, 0.29) is 5.75 Å². The summed E-state index contributed by atoms with van der Waals surface area (Å²) in [5, 5.41) is 2.11. The number of hydrogen-bond acceptors (Lipinski definition) is 5. The molecule has 0 fully saturated rings. The van der Waals surface area contributed by atoms with E-state index in [2.05, 4.69) is 33.5 Å². The van der Waals surface area contributed by atoms with Crippen molar-refractivity contribution >= 4 is 21.8 Å². The van der Waals surface area contributed by atoms with Gasteiger partial charge in [0.2, 0.25) is 0 Å². The highest BCUT2D eigenvalue weighted by Gasteiger charge is 2.27. The van der Waals surface area contributed by atoms with Crippen LogP contribution in [-0.4, -0.2) is 32.4 Å². The molecule has 142 valence electrons. The second-order valence-electron chi connectivity index (χ2n) is 6.63. The van der Waals surface area contributed by atoms with E-state index >= 15 is 0 Å². The molecular weight excluding hydrogens is 373 g/mol. The van der Waals surface area contributed by atoms with Gasteiger partial charge in [0.15, 0.2) is 0 Å². The van der Waals surface area contributed by atoms with Crippen molar-refractivity contribution in [3.8, 4) is 5.75 Å². The lowest BCUT2D eigenvalue weighted by molar-refractivity contribution is 0.182. The third-order valence-corrected chi connectivity index (χ3v) is 6.17. The molecule has 1 aliphatic rings. The molecule has 3 rings (SSSR count). The first-order chi connectivity index (χ1) is 12.5. The van der Waals surface area contributed by atoms with Gasteiger partial charge in [0.05, 0.1) is 0 Å². The predicted octanol–water partition coefficient (Wildman–Crippen LogP) is 4.15. The van der Waals surface area contributed by atoms with Crippen LogP contribution in [0.3, 0.4) is 0 Å². The molecule has 0 amide bonds. The quantitative estimate of drug-likeness (QED) is 0.628. The largest absolute Gasteiger partial charge is 0.488 e. The minimum atomic E-state index is -4.99. The predicted molar refractivity (Wildman–Crippen MR) is 103 cm³/mol. The van der Waals surface area contributed by atoms with Crippen LogP contribution >= 0.6 is 11.3 Å². The molecule has 1 aromatic carbocycles. The average molecular weight is 398 g/mol. The number of nitrogens with zero attached hydrogens (tertiary/aromatic N) is 1. The number of hydrogen-bond donors (Lipinski definition) is 0. The number of halogens is 1. The van der Waals surface area contributed by atoms with Crippen molar-refractivity contribution < 1.29 is 16.5 Å². The average Bonchev–Trinajstić information content (AvgIpc) is 3.10. The molecule has 0 saturated carbocycles.